The second-order valence-electron chi connectivity index (χ2n) is 4.34. The molecule has 0 spiro atoms. The van der Waals surface area contributed by atoms with E-state index in [0.29, 0.717) is 19.7 Å². The number of hydrogen-bond acceptors (Lipinski definition) is 4. The highest BCUT2D eigenvalue weighted by molar-refractivity contribution is 7.12. The number of carboxylic acids is 1. The third kappa shape index (κ3) is 2.86. The van der Waals surface area contributed by atoms with Crippen molar-refractivity contribution >= 4 is 17.3 Å². The first-order valence-corrected chi connectivity index (χ1v) is 6.50. The standard InChI is InChI=1S/C12H17NO3S/c1-8-5-10(9(2)17-8)6-13-3-4-16-7-11(13)12(14)15/h5,11H,3-4,6-7H2,1-2H3,(H,14,15). The van der Waals surface area contributed by atoms with Gasteiger partial charge in [0.25, 0.3) is 0 Å². The van der Waals surface area contributed by atoms with Crippen molar-refractivity contribution in [2.24, 2.45) is 0 Å². The van der Waals surface area contributed by atoms with Crippen LogP contribution >= 0.6 is 11.3 Å². The smallest absolute Gasteiger partial charge is 0.323 e. The van der Waals surface area contributed by atoms with E-state index in [-0.39, 0.29) is 6.61 Å². The molecule has 94 valence electrons. The Morgan fingerprint density at radius 1 is 1.65 bits per heavy atom. The molecule has 1 unspecified atom stereocenters. The minimum absolute atomic E-state index is 0.289. The maximum absolute atomic E-state index is 11.1. The lowest BCUT2D eigenvalue weighted by molar-refractivity contribution is -0.150. The minimum Gasteiger partial charge on any atom is -0.480 e. The van der Waals surface area contributed by atoms with E-state index in [1.807, 2.05) is 4.90 Å². The van der Waals surface area contributed by atoms with E-state index in [9.17, 15) is 4.79 Å². The van der Waals surface area contributed by atoms with Crippen molar-refractivity contribution in [1.82, 2.24) is 4.90 Å². The fourth-order valence-electron chi connectivity index (χ4n) is 2.11. The average molecular weight is 255 g/mol. The van der Waals surface area contributed by atoms with Gasteiger partial charge in [-0.1, -0.05) is 0 Å². The van der Waals surface area contributed by atoms with Gasteiger partial charge in [-0.25, -0.2) is 0 Å². The fraction of sp³-hybridized carbons (Fsp3) is 0.583. The van der Waals surface area contributed by atoms with Gasteiger partial charge in [-0.05, 0) is 25.5 Å². The quantitative estimate of drug-likeness (QED) is 0.892. The van der Waals surface area contributed by atoms with Crippen LogP contribution in [0, 0.1) is 13.8 Å². The van der Waals surface area contributed by atoms with Crippen LogP contribution in [-0.2, 0) is 16.1 Å². The SMILES string of the molecule is Cc1cc(CN2CCOCC2C(=O)O)c(C)s1. The molecule has 1 aliphatic heterocycles. The molecule has 17 heavy (non-hydrogen) atoms. The molecule has 2 rings (SSSR count). The predicted octanol–water partition coefficient (Wildman–Crippen LogP) is 1.65. The Morgan fingerprint density at radius 2 is 2.41 bits per heavy atom. The van der Waals surface area contributed by atoms with Gasteiger partial charge in [0, 0.05) is 22.8 Å². The van der Waals surface area contributed by atoms with Crippen LogP contribution in [0.3, 0.4) is 0 Å². The van der Waals surface area contributed by atoms with Gasteiger partial charge >= 0.3 is 5.97 Å². The second-order valence-corrected chi connectivity index (χ2v) is 5.80. The number of nitrogens with zero attached hydrogens (tertiary/aromatic N) is 1. The Balaban J connectivity index is 2.10. The van der Waals surface area contributed by atoms with Crippen LogP contribution in [0.4, 0.5) is 0 Å². The number of aliphatic carboxylic acids is 1. The lowest BCUT2D eigenvalue weighted by Gasteiger charge is -2.32. The molecule has 5 heteroatoms. The first kappa shape index (κ1) is 12.5. The van der Waals surface area contributed by atoms with E-state index in [1.54, 1.807) is 11.3 Å². The molecule has 0 aliphatic carbocycles. The average Bonchev–Trinajstić information content (AvgIpc) is 2.58. The molecule has 0 saturated carbocycles. The van der Waals surface area contributed by atoms with Gasteiger partial charge in [0.05, 0.1) is 13.2 Å². The fourth-order valence-corrected chi connectivity index (χ4v) is 3.05. The maximum atomic E-state index is 11.1. The summed E-state index contributed by atoms with van der Waals surface area (Å²) in [6, 6.07) is 1.64. The summed E-state index contributed by atoms with van der Waals surface area (Å²) in [5.41, 5.74) is 1.24. The Labute approximate surface area is 105 Å². The minimum atomic E-state index is -0.797. The monoisotopic (exact) mass is 255 g/mol. The number of rotatable bonds is 3. The third-order valence-electron chi connectivity index (χ3n) is 3.04. The van der Waals surface area contributed by atoms with Crippen molar-refractivity contribution < 1.29 is 14.6 Å². The molecule has 0 bridgehead atoms. The van der Waals surface area contributed by atoms with Crippen molar-refractivity contribution in [3.63, 3.8) is 0 Å². The highest BCUT2D eigenvalue weighted by Crippen LogP contribution is 2.23. The number of carboxylic acid groups (broad SMARTS) is 1. The van der Waals surface area contributed by atoms with Crippen LogP contribution < -0.4 is 0 Å². The predicted molar refractivity (Wildman–Crippen MR) is 66.4 cm³/mol. The maximum Gasteiger partial charge on any atom is 0.323 e. The van der Waals surface area contributed by atoms with Gasteiger partial charge in [-0.2, -0.15) is 0 Å². The molecular formula is C12H17NO3S. The topological polar surface area (TPSA) is 49.8 Å². The molecule has 1 aromatic heterocycles. The van der Waals surface area contributed by atoms with E-state index >= 15 is 0 Å². The van der Waals surface area contributed by atoms with Crippen LogP contribution in [0.5, 0.6) is 0 Å². The van der Waals surface area contributed by atoms with Gasteiger partial charge in [0.15, 0.2) is 0 Å². The molecule has 0 amide bonds. The second kappa shape index (κ2) is 5.16. The molecular weight excluding hydrogens is 238 g/mol. The number of thiophene rings is 1. The molecule has 1 fully saturated rings. The first-order chi connectivity index (χ1) is 8.08. The summed E-state index contributed by atoms with van der Waals surface area (Å²) >= 11 is 1.76. The first-order valence-electron chi connectivity index (χ1n) is 5.68. The van der Waals surface area contributed by atoms with Crippen LogP contribution in [-0.4, -0.2) is 41.8 Å². The molecule has 2 heterocycles. The summed E-state index contributed by atoms with van der Waals surface area (Å²) in [4.78, 5) is 15.7. The zero-order valence-electron chi connectivity index (χ0n) is 10.1. The summed E-state index contributed by atoms with van der Waals surface area (Å²) < 4.78 is 5.23. The summed E-state index contributed by atoms with van der Waals surface area (Å²) in [5.74, 6) is -0.797. The van der Waals surface area contributed by atoms with Crippen LogP contribution in [0.25, 0.3) is 0 Å². The zero-order valence-corrected chi connectivity index (χ0v) is 10.9. The van der Waals surface area contributed by atoms with Crippen molar-refractivity contribution in [1.29, 1.82) is 0 Å². The van der Waals surface area contributed by atoms with Crippen molar-refractivity contribution in [3.8, 4) is 0 Å². The number of hydrogen-bond donors (Lipinski definition) is 1. The summed E-state index contributed by atoms with van der Waals surface area (Å²) in [6.07, 6.45) is 0. The molecule has 1 aliphatic rings. The highest BCUT2D eigenvalue weighted by atomic mass is 32.1. The molecule has 4 nitrogen and oxygen atoms in total. The Morgan fingerprint density at radius 3 is 3.00 bits per heavy atom. The van der Waals surface area contributed by atoms with E-state index in [0.717, 1.165) is 0 Å². The van der Waals surface area contributed by atoms with Crippen LogP contribution in [0.1, 0.15) is 15.3 Å². The largest absolute Gasteiger partial charge is 0.480 e. The van der Waals surface area contributed by atoms with Crippen molar-refractivity contribution in [2.45, 2.75) is 26.4 Å². The molecule has 0 radical (unpaired) electrons. The van der Waals surface area contributed by atoms with Crippen LogP contribution in [0.2, 0.25) is 0 Å². The lowest BCUT2D eigenvalue weighted by atomic mass is 10.1. The molecule has 1 aromatic rings. The van der Waals surface area contributed by atoms with Gasteiger partial charge < -0.3 is 9.84 Å². The van der Waals surface area contributed by atoms with E-state index in [1.165, 1.54) is 15.3 Å². The number of morpholine rings is 1. The normalized spacial score (nSPS) is 21.6. The number of carbonyl (C=O) groups is 1. The molecule has 1 atom stereocenters. The van der Waals surface area contributed by atoms with Gasteiger partial charge in [-0.15, -0.1) is 11.3 Å². The molecule has 1 saturated heterocycles. The molecule has 1 N–H and O–H groups in total. The van der Waals surface area contributed by atoms with Gasteiger partial charge in [0.2, 0.25) is 0 Å². The highest BCUT2D eigenvalue weighted by Gasteiger charge is 2.29. The number of ether oxygens (including phenoxy) is 1. The zero-order chi connectivity index (χ0) is 12.4. The third-order valence-corrected chi connectivity index (χ3v) is 4.05. The summed E-state index contributed by atoms with van der Waals surface area (Å²) in [7, 11) is 0. The summed E-state index contributed by atoms with van der Waals surface area (Å²) in [5, 5.41) is 9.14. The van der Waals surface area contributed by atoms with E-state index in [2.05, 4.69) is 19.9 Å². The van der Waals surface area contributed by atoms with E-state index in [4.69, 9.17) is 9.84 Å². The van der Waals surface area contributed by atoms with Crippen molar-refractivity contribution in [3.05, 3.63) is 21.4 Å². The Kier molecular flexibility index (Phi) is 3.81. The van der Waals surface area contributed by atoms with Crippen molar-refractivity contribution in [2.75, 3.05) is 19.8 Å². The Bertz CT molecular complexity index is 416. The number of aryl methyl sites for hydroxylation is 2. The summed E-state index contributed by atoms with van der Waals surface area (Å²) in [6.45, 7) is 6.46. The van der Waals surface area contributed by atoms with Crippen LogP contribution in [0.15, 0.2) is 6.07 Å². The lowest BCUT2D eigenvalue weighted by Crippen LogP contribution is -2.49. The molecule has 0 aromatic carbocycles. The Hall–Kier alpha value is -0.910. The van der Waals surface area contributed by atoms with E-state index < -0.39 is 12.0 Å². The van der Waals surface area contributed by atoms with Gasteiger partial charge in [-0.3, -0.25) is 9.69 Å². The van der Waals surface area contributed by atoms with Gasteiger partial charge in [0.1, 0.15) is 6.04 Å².